The van der Waals surface area contributed by atoms with Crippen molar-refractivity contribution < 1.29 is 18.0 Å². The summed E-state index contributed by atoms with van der Waals surface area (Å²) in [7, 11) is -3.87. The number of hydrogen-bond donors (Lipinski definition) is 1. The Labute approximate surface area is 256 Å². The molecule has 0 bridgehead atoms. The minimum absolute atomic E-state index is 0.112. The zero-order valence-electron chi connectivity index (χ0n) is 24.2. The van der Waals surface area contributed by atoms with Crippen molar-refractivity contribution in [3.63, 3.8) is 0 Å². The molecule has 4 aromatic carbocycles. The number of carbonyl (C=O) groups excluding carboxylic acids is 2. The number of benzene rings is 4. The number of nitrogens with one attached hydrogen (secondary N) is 1. The Morgan fingerprint density at radius 2 is 1.48 bits per heavy atom. The molecule has 0 heterocycles. The van der Waals surface area contributed by atoms with Crippen LogP contribution in [0.15, 0.2) is 102 Å². The average Bonchev–Trinajstić information content (AvgIpc) is 2.92. The van der Waals surface area contributed by atoms with Gasteiger partial charge < -0.3 is 10.2 Å². The van der Waals surface area contributed by atoms with Gasteiger partial charge in [0.05, 0.1) is 11.9 Å². The molecule has 4 rings (SSSR count). The first-order chi connectivity index (χ1) is 19.8. The van der Waals surface area contributed by atoms with Gasteiger partial charge in [0.25, 0.3) is 0 Å². The Morgan fingerprint density at radius 1 is 0.857 bits per heavy atom. The van der Waals surface area contributed by atoms with Crippen molar-refractivity contribution in [2.45, 2.75) is 45.3 Å². The number of carbonyl (C=O) groups is 2. The predicted molar refractivity (Wildman–Crippen MR) is 173 cm³/mol. The van der Waals surface area contributed by atoms with Gasteiger partial charge in [-0.3, -0.25) is 13.9 Å². The van der Waals surface area contributed by atoms with Gasteiger partial charge in [-0.25, -0.2) is 8.42 Å². The molecule has 0 radical (unpaired) electrons. The van der Waals surface area contributed by atoms with Gasteiger partial charge in [0.15, 0.2) is 0 Å². The van der Waals surface area contributed by atoms with Crippen LogP contribution in [-0.4, -0.2) is 49.5 Å². The van der Waals surface area contributed by atoms with Gasteiger partial charge in [-0.05, 0) is 55.5 Å². The van der Waals surface area contributed by atoms with Crippen LogP contribution in [0.25, 0.3) is 10.8 Å². The van der Waals surface area contributed by atoms with E-state index in [1.807, 2.05) is 106 Å². The number of nitrogens with zero attached hydrogens (tertiary/aromatic N) is 2. The topological polar surface area (TPSA) is 86.8 Å². The molecule has 0 fully saturated rings. The highest BCUT2D eigenvalue weighted by atomic mass is 79.9. The Bertz CT molecular complexity index is 1660. The Hall–Kier alpha value is -3.69. The molecular formula is C33H36BrN3O4S. The van der Waals surface area contributed by atoms with Crippen molar-refractivity contribution in [2.75, 3.05) is 17.1 Å². The van der Waals surface area contributed by atoms with Gasteiger partial charge in [-0.2, -0.15) is 0 Å². The monoisotopic (exact) mass is 649 g/mol. The molecule has 0 unspecified atom stereocenters. The molecule has 1 atom stereocenters. The van der Waals surface area contributed by atoms with E-state index < -0.39 is 34.1 Å². The van der Waals surface area contributed by atoms with Crippen molar-refractivity contribution in [3.05, 3.63) is 113 Å². The van der Waals surface area contributed by atoms with E-state index in [1.54, 1.807) is 12.1 Å². The average molecular weight is 651 g/mol. The van der Waals surface area contributed by atoms with E-state index in [0.29, 0.717) is 11.1 Å². The van der Waals surface area contributed by atoms with Crippen molar-refractivity contribution >= 4 is 54.2 Å². The fraction of sp³-hybridized carbons (Fsp3) is 0.273. The lowest BCUT2D eigenvalue weighted by molar-refractivity contribution is -0.140. The molecule has 2 amide bonds. The van der Waals surface area contributed by atoms with Crippen LogP contribution in [-0.2, 0) is 32.6 Å². The molecular weight excluding hydrogens is 614 g/mol. The first kappa shape index (κ1) is 31.3. The lowest BCUT2D eigenvalue weighted by Gasteiger charge is -2.35. The van der Waals surface area contributed by atoms with Crippen molar-refractivity contribution in [1.82, 2.24) is 10.2 Å². The number of rotatable bonds is 10. The molecule has 220 valence electrons. The van der Waals surface area contributed by atoms with Crippen LogP contribution in [0.1, 0.15) is 31.9 Å². The van der Waals surface area contributed by atoms with Crippen LogP contribution in [0.3, 0.4) is 0 Å². The van der Waals surface area contributed by atoms with Gasteiger partial charge in [0.1, 0.15) is 12.6 Å². The zero-order chi connectivity index (χ0) is 30.5. The summed E-state index contributed by atoms with van der Waals surface area (Å²) in [5, 5.41) is 4.60. The molecule has 42 heavy (non-hydrogen) atoms. The van der Waals surface area contributed by atoms with Gasteiger partial charge >= 0.3 is 0 Å². The third kappa shape index (κ3) is 8.20. The lowest BCUT2D eigenvalue weighted by atomic mass is 10.0. The molecule has 7 nitrogen and oxygen atoms in total. The van der Waals surface area contributed by atoms with E-state index >= 15 is 0 Å². The smallest absolute Gasteiger partial charge is 0.244 e. The Kier molecular flexibility index (Phi) is 9.74. The van der Waals surface area contributed by atoms with Crippen LogP contribution >= 0.6 is 15.9 Å². The van der Waals surface area contributed by atoms with E-state index in [2.05, 4.69) is 21.2 Å². The first-order valence-corrected chi connectivity index (χ1v) is 16.3. The summed E-state index contributed by atoms with van der Waals surface area (Å²) in [6.07, 6.45) is 1.35. The number of hydrogen-bond acceptors (Lipinski definition) is 4. The van der Waals surface area contributed by atoms with Crippen LogP contribution in [0.4, 0.5) is 5.69 Å². The van der Waals surface area contributed by atoms with Crippen molar-refractivity contribution in [1.29, 1.82) is 0 Å². The highest BCUT2D eigenvalue weighted by Crippen LogP contribution is 2.29. The fourth-order valence-corrected chi connectivity index (χ4v) is 6.17. The number of fused-ring (bicyclic) bond motifs is 1. The van der Waals surface area contributed by atoms with Gasteiger partial charge in [-0.1, -0.05) is 94.8 Å². The van der Waals surface area contributed by atoms with Crippen LogP contribution in [0.2, 0.25) is 0 Å². The zero-order valence-corrected chi connectivity index (χ0v) is 26.7. The van der Waals surface area contributed by atoms with E-state index in [4.69, 9.17) is 0 Å². The summed E-state index contributed by atoms with van der Waals surface area (Å²) < 4.78 is 28.3. The maximum Gasteiger partial charge on any atom is 0.244 e. The third-order valence-electron chi connectivity index (χ3n) is 6.73. The molecule has 0 saturated carbocycles. The number of amides is 2. The third-order valence-corrected chi connectivity index (χ3v) is 8.35. The molecule has 0 aliphatic carbocycles. The molecule has 0 aromatic heterocycles. The maximum atomic E-state index is 14.3. The fourth-order valence-electron chi connectivity index (χ4n) is 4.86. The summed E-state index contributed by atoms with van der Waals surface area (Å²) in [5.74, 6) is -0.802. The van der Waals surface area contributed by atoms with Gasteiger partial charge in [0.2, 0.25) is 21.8 Å². The molecule has 9 heteroatoms. The molecule has 0 spiro atoms. The van der Waals surface area contributed by atoms with E-state index in [9.17, 15) is 18.0 Å². The molecule has 0 aliphatic rings. The number of anilines is 1. The summed E-state index contributed by atoms with van der Waals surface area (Å²) in [6.45, 7) is 5.31. The van der Waals surface area contributed by atoms with Crippen molar-refractivity contribution in [3.8, 4) is 0 Å². The molecule has 0 aliphatic heterocycles. The summed E-state index contributed by atoms with van der Waals surface area (Å²) in [4.78, 5) is 29.7. The number of sulfonamides is 1. The molecule has 4 aromatic rings. The highest BCUT2D eigenvalue weighted by Gasteiger charge is 2.34. The normalized spacial score (nSPS) is 12.5. The van der Waals surface area contributed by atoms with E-state index in [-0.39, 0.29) is 18.9 Å². The summed E-state index contributed by atoms with van der Waals surface area (Å²) in [6, 6.07) is 28.9. The Balaban J connectivity index is 1.80. The second-order valence-electron chi connectivity index (χ2n) is 11.4. The summed E-state index contributed by atoms with van der Waals surface area (Å²) >= 11 is 3.50. The van der Waals surface area contributed by atoms with E-state index in [1.165, 1.54) is 4.90 Å². The van der Waals surface area contributed by atoms with Crippen LogP contribution < -0.4 is 9.62 Å². The largest absolute Gasteiger partial charge is 0.350 e. The van der Waals surface area contributed by atoms with Gasteiger partial charge in [-0.15, -0.1) is 0 Å². The second-order valence-corrected chi connectivity index (χ2v) is 14.2. The summed E-state index contributed by atoms with van der Waals surface area (Å²) in [5.41, 5.74) is 1.55. The second kappa shape index (κ2) is 13.1. The maximum absolute atomic E-state index is 14.3. The van der Waals surface area contributed by atoms with Crippen LogP contribution in [0, 0.1) is 0 Å². The van der Waals surface area contributed by atoms with Crippen molar-refractivity contribution in [2.24, 2.45) is 0 Å². The predicted octanol–water partition coefficient (Wildman–Crippen LogP) is 5.92. The first-order valence-electron chi connectivity index (χ1n) is 13.7. The molecule has 1 N–H and O–H groups in total. The van der Waals surface area contributed by atoms with Crippen LogP contribution in [0.5, 0.6) is 0 Å². The quantitative estimate of drug-likeness (QED) is 0.231. The molecule has 0 saturated heterocycles. The Morgan fingerprint density at radius 3 is 2.14 bits per heavy atom. The highest BCUT2D eigenvalue weighted by molar-refractivity contribution is 9.10. The van der Waals surface area contributed by atoms with E-state index in [0.717, 1.165) is 31.5 Å². The standard InChI is InChI=1S/C33H36BrN3O4S/c1-33(2,3)35-32(39)30(21-24-12-6-5-7-13-24)36(22-25-14-10-17-27(34)20-25)31(38)23-37(42(4,40)41)29-19-11-16-26-15-8-9-18-28(26)29/h5-20,30H,21-23H2,1-4H3,(H,35,39)/t30-/m1/s1. The van der Waals surface area contributed by atoms with Gasteiger partial charge in [0, 0.05) is 28.4 Å². The SMILES string of the molecule is CC(C)(C)NC(=O)[C@@H](Cc1ccccc1)N(Cc1cccc(Br)c1)C(=O)CN(c1cccc2ccccc12)S(C)(=O)=O. The lowest BCUT2D eigenvalue weighted by Crippen LogP contribution is -2.56. The minimum Gasteiger partial charge on any atom is -0.350 e. The number of halogens is 1. The minimum atomic E-state index is -3.87.